The summed E-state index contributed by atoms with van der Waals surface area (Å²) in [5, 5.41) is 8.70. The van der Waals surface area contributed by atoms with E-state index in [9.17, 15) is 4.79 Å². The second kappa shape index (κ2) is 9.37. The fourth-order valence-corrected chi connectivity index (χ4v) is 4.68. The van der Waals surface area contributed by atoms with Crippen LogP contribution < -0.4 is 0 Å². The predicted molar refractivity (Wildman–Crippen MR) is 101 cm³/mol. The van der Waals surface area contributed by atoms with Gasteiger partial charge in [0, 0.05) is 32.0 Å². The Morgan fingerprint density at radius 3 is 2.38 bits per heavy atom. The molecule has 0 spiro atoms. The van der Waals surface area contributed by atoms with Crippen molar-refractivity contribution < 1.29 is 14.6 Å². The lowest BCUT2D eigenvalue weighted by Crippen LogP contribution is -2.20. The van der Waals surface area contributed by atoms with Crippen LogP contribution in [0.25, 0.3) is 0 Å². The normalized spacial score (nSPS) is 11.5. The average molecular weight is 617 g/mol. The van der Waals surface area contributed by atoms with Crippen molar-refractivity contribution in [1.29, 1.82) is 0 Å². The van der Waals surface area contributed by atoms with Crippen LogP contribution in [-0.4, -0.2) is 17.7 Å². The summed E-state index contributed by atoms with van der Waals surface area (Å²) < 4.78 is 6.86. The Balaban J connectivity index is 2.73. The van der Waals surface area contributed by atoms with Crippen molar-refractivity contribution in [1.82, 2.24) is 0 Å². The van der Waals surface area contributed by atoms with Gasteiger partial charge in [-0.2, -0.15) is 0 Å². The third-order valence-corrected chi connectivity index (χ3v) is 7.18. The van der Waals surface area contributed by atoms with Gasteiger partial charge >= 0.3 is 5.97 Å². The third kappa shape index (κ3) is 6.22. The minimum atomic E-state index is -1.09. The Labute approximate surface area is 165 Å². The summed E-state index contributed by atoms with van der Waals surface area (Å²) in [6.07, 6.45) is 2.51. The van der Waals surface area contributed by atoms with Crippen LogP contribution in [0.15, 0.2) is 25.6 Å². The third-order valence-electron chi connectivity index (χ3n) is 2.63. The van der Waals surface area contributed by atoms with Gasteiger partial charge in [0.1, 0.15) is 0 Å². The lowest BCUT2D eigenvalue weighted by atomic mass is 10.2. The standard InChI is InChI=1S/C13H13Br5O3/c14-9-6-5-8(11(15)12(9)16)13(17,18)21-10(20)4-2-1-3-7-19/h5-6,19H,1-4,7H2. The number of halogens is 5. The molecule has 0 unspecified atom stereocenters. The summed E-state index contributed by atoms with van der Waals surface area (Å²) in [6, 6.07) is 3.69. The van der Waals surface area contributed by atoms with Gasteiger partial charge in [-0.1, -0.05) is 12.5 Å². The van der Waals surface area contributed by atoms with Gasteiger partial charge < -0.3 is 9.84 Å². The van der Waals surface area contributed by atoms with Gasteiger partial charge in [0.2, 0.25) is 3.42 Å². The molecule has 1 rings (SSSR count). The maximum Gasteiger partial charge on any atom is 0.308 e. The zero-order valence-corrected chi connectivity index (χ0v) is 18.8. The Kier molecular flexibility index (Phi) is 8.97. The number of hydrogen-bond acceptors (Lipinski definition) is 3. The van der Waals surface area contributed by atoms with Gasteiger partial charge in [-0.05, 0) is 98.6 Å². The Morgan fingerprint density at radius 1 is 1.10 bits per heavy atom. The van der Waals surface area contributed by atoms with Crippen molar-refractivity contribution in [3.63, 3.8) is 0 Å². The van der Waals surface area contributed by atoms with Crippen LogP contribution in [0.2, 0.25) is 0 Å². The number of ether oxygens (including phenoxy) is 1. The van der Waals surface area contributed by atoms with Crippen molar-refractivity contribution >= 4 is 85.6 Å². The number of hydrogen-bond donors (Lipinski definition) is 1. The number of benzene rings is 1. The van der Waals surface area contributed by atoms with E-state index in [2.05, 4.69) is 79.6 Å². The lowest BCUT2D eigenvalue weighted by Gasteiger charge is -2.23. The molecule has 0 aromatic heterocycles. The van der Waals surface area contributed by atoms with Crippen molar-refractivity contribution in [3.8, 4) is 0 Å². The highest BCUT2D eigenvalue weighted by Crippen LogP contribution is 2.46. The molecule has 21 heavy (non-hydrogen) atoms. The SMILES string of the molecule is O=C(CCCCCO)OC(Br)(Br)c1ccc(Br)c(Br)c1Br. The molecule has 0 aliphatic carbocycles. The van der Waals surface area contributed by atoms with Crippen LogP contribution in [0, 0.1) is 0 Å². The first-order valence-electron chi connectivity index (χ1n) is 6.14. The number of rotatable bonds is 7. The molecule has 118 valence electrons. The first kappa shape index (κ1) is 20.1. The summed E-state index contributed by atoms with van der Waals surface area (Å²) >= 11 is 17.1. The van der Waals surface area contributed by atoms with Crippen LogP contribution in [0.4, 0.5) is 0 Å². The van der Waals surface area contributed by atoms with Crippen LogP contribution in [0.3, 0.4) is 0 Å². The largest absolute Gasteiger partial charge is 0.433 e. The maximum absolute atomic E-state index is 11.9. The smallest absolute Gasteiger partial charge is 0.308 e. The van der Waals surface area contributed by atoms with E-state index in [1.54, 1.807) is 0 Å². The van der Waals surface area contributed by atoms with Crippen LogP contribution in [-0.2, 0) is 13.0 Å². The first-order valence-corrected chi connectivity index (χ1v) is 10.1. The first-order chi connectivity index (χ1) is 9.79. The van der Waals surface area contributed by atoms with Gasteiger partial charge in [0.15, 0.2) is 0 Å². The van der Waals surface area contributed by atoms with Crippen molar-refractivity contribution in [2.24, 2.45) is 0 Å². The fraction of sp³-hybridized carbons (Fsp3) is 0.462. The summed E-state index contributed by atoms with van der Waals surface area (Å²) in [4.78, 5) is 11.9. The van der Waals surface area contributed by atoms with E-state index in [1.807, 2.05) is 12.1 Å². The molecule has 1 N–H and O–H groups in total. The predicted octanol–water partition coefficient (Wildman–Crippen LogP) is 5.97. The molecule has 0 fully saturated rings. The number of carbonyl (C=O) groups excluding carboxylic acids is 1. The highest BCUT2D eigenvalue weighted by Gasteiger charge is 2.33. The Bertz CT molecular complexity index is 505. The number of aliphatic hydroxyl groups excluding tert-OH is 1. The van der Waals surface area contributed by atoms with Gasteiger partial charge in [-0.3, -0.25) is 4.79 Å². The molecule has 0 saturated carbocycles. The molecular weight excluding hydrogens is 604 g/mol. The van der Waals surface area contributed by atoms with Gasteiger partial charge in [-0.25, -0.2) is 0 Å². The number of unbranched alkanes of at least 4 members (excludes halogenated alkanes) is 2. The second-order valence-corrected chi connectivity index (χ2v) is 9.99. The van der Waals surface area contributed by atoms with Crippen LogP contribution in [0.1, 0.15) is 31.2 Å². The molecule has 8 heteroatoms. The highest BCUT2D eigenvalue weighted by atomic mass is 79.9. The number of carbonyl (C=O) groups is 1. The van der Waals surface area contributed by atoms with Gasteiger partial charge in [0.25, 0.3) is 0 Å². The van der Waals surface area contributed by atoms with Gasteiger partial charge in [0.05, 0.1) is 0 Å². The minimum absolute atomic E-state index is 0.149. The molecule has 0 saturated heterocycles. The van der Waals surface area contributed by atoms with E-state index in [0.29, 0.717) is 19.3 Å². The number of alkyl halides is 2. The molecule has 0 atom stereocenters. The molecule has 0 radical (unpaired) electrons. The summed E-state index contributed by atoms with van der Waals surface area (Å²) in [5.74, 6) is -0.312. The van der Waals surface area contributed by atoms with Crippen LogP contribution >= 0.6 is 79.6 Å². The van der Waals surface area contributed by atoms with E-state index in [4.69, 9.17) is 9.84 Å². The van der Waals surface area contributed by atoms with Crippen LogP contribution in [0.5, 0.6) is 0 Å². The maximum atomic E-state index is 11.9. The van der Waals surface area contributed by atoms with E-state index >= 15 is 0 Å². The quantitative estimate of drug-likeness (QED) is 0.178. The molecule has 0 aliphatic rings. The van der Waals surface area contributed by atoms with E-state index < -0.39 is 3.42 Å². The molecule has 0 aliphatic heterocycles. The number of aliphatic hydroxyl groups is 1. The van der Waals surface area contributed by atoms with Crippen molar-refractivity contribution in [2.45, 2.75) is 29.1 Å². The molecule has 0 bridgehead atoms. The summed E-state index contributed by atoms with van der Waals surface area (Å²) in [6.45, 7) is 0.149. The fourth-order valence-electron chi connectivity index (χ4n) is 1.56. The zero-order valence-electron chi connectivity index (χ0n) is 10.8. The van der Waals surface area contributed by atoms with E-state index in [-0.39, 0.29) is 12.6 Å². The zero-order chi connectivity index (χ0) is 16.0. The Morgan fingerprint density at radius 2 is 1.76 bits per heavy atom. The Hall–Kier alpha value is 1.05. The molecular formula is C13H13Br5O3. The second-order valence-electron chi connectivity index (χ2n) is 4.25. The van der Waals surface area contributed by atoms with Crippen molar-refractivity contribution in [2.75, 3.05) is 6.61 Å². The van der Waals surface area contributed by atoms with Gasteiger partial charge in [-0.15, -0.1) is 0 Å². The number of esters is 1. The van der Waals surface area contributed by atoms with Crippen molar-refractivity contribution in [3.05, 3.63) is 31.1 Å². The molecule has 1 aromatic carbocycles. The molecule has 1 aromatic rings. The summed E-state index contributed by atoms with van der Waals surface area (Å²) in [7, 11) is 0. The molecule has 0 heterocycles. The lowest BCUT2D eigenvalue weighted by molar-refractivity contribution is -0.146. The average Bonchev–Trinajstić information content (AvgIpc) is 2.40. The molecule has 0 amide bonds. The van der Waals surface area contributed by atoms with E-state index in [1.165, 1.54) is 0 Å². The monoisotopic (exact) mass is 612 g/mol. The topological polar surface area (TPSA) is 46.5 Å². The molecule has 3 nitrogen and oxygen atoms in total. The van der Waals surface area contributed by atoms with E-state index in [0.717, 1.165) is 25.4 Å². The minimum Gasteiger partial charge on any atom is -0.433 e. The highest BCUT2D eigenvalue weighted by molar-refractivity contribution is 9.24. The summed E-state index contributed by atoms with van der Waals surface area (Å²) in [5.41, 5.74) is 0.737.